The van der Waals surface area contributed by atoms with Crippen LogP contribution in [-0.4, -0.2) is 15.5 Å². The molecule has 0 saturated heterocycles. The molecule has 0 heterocycles. The van der Waals surface area contributed by atoms with Crippen molar-refractivity contribution in [2.24, 2.45) is 0 Å². The van der Waals surface area contributed by atoms with E-state index in [1.807, 2.05) is 0 Å². The van der Waals surface area contributed by atoms with Crippen LogP contribution in [0.3, 0.4) is 0 Å². The van der Waals surface area contributed by atoms with E-state index in [-0.39, 0.29) is 0 Å². The lowest BCUT2D eigenvalue weighted by Crippen LogP contribution is -1.86. The number of carbonyl (C=O) groups is 1. The number of rotatable bonds is 14. The van der Waals surface area contributed by atoms with Crippen LogP contribution in [0.15, 0.2) is 12.2 Å². The number of halogens is 1. The second-order valence-corrected chi connectivity index (χ2v) is 6.19. The summed E-state index contributed by atoms with van der Waals surface area (Å²) in [7, 11) is 0. The van der Waals surface area contributed by atoms with Crippen LogP contribution >= 0.6 is 22.6 Å². The molecule has 0 aliphatic heterocycles. The van der Waals surface area contributed by atoms with Crippen LogP contribution in [0.2, 0.25) is 0 Å². The zero-order valence-corrected chi connectivity index (χ0v) is 14.2. The Hall–Kier alpha value is -0.0600. The molecule has 0 aliphatic rings. The highest BCUT2D eigenvalue weighted by Crippen LogP contribution is 2.12. The van der Waals surface area contributed by atoms with Gasteiger partial charge in [0.15, 0.2) is 0 Å². The van der Waals surface area contributed by atoms with Crippen LogP contribution in [0, 0.1) is 0 Å². The van der Waals surface area contributed by atoms with E-state index in [1.54, 1.807) is 6.08 Å². The van der Waals surface area contributed by atoms with Crippen LogP contribution < -0.4 is 0 Å². The number of carboxylic acids is 1. The highest BCUT2D eigenvalue weighted by Gasteiger charge is 1.93. The molecule has 0 amide bonds. The Morgan fingerprint density at radius 1 is 0.789 bits per heavy atom. The Morgan fingerprint density at radius 3 is 1.63 bits per heavy atom. The van der Waals surface area contributed by atoms with Crippen LogP contribution in [0.25, 0.3) is 0 Å². The van der Waals surface area contributed by atoms with Crippen molar-refractivity contribution in [2.75, 3.05) is 4.43 Å². The number of hydrogen-bond donors (Lipinski definition) is 1. The number of aliphatic carboxylic acids is 1. The van der Waals surface area contributed by atoms with Gasteiger partial charge in [0.25, 0.3) is 0 Å². The molecular formula is C16H29IO2. The van der Waals surface area contributed by atoms with Crippen molar-refractivity contribution in [3.05, 3.63) is 12.2 Å². The fourth-order valence-corrected chi connectivity index (χ4v) is 2.67. The summed E-state index contributed by atoms with van der Waals surface area (Å²) in [6, 6.07) is 0. The highest BCUT2D eigenvalue weighted by atomic mass is 127. The summed E-state index contributed by atoms with van der Waals surface area (Å²) in [6.07, 6.45) is 18.7. The van der Waals surface area contributed by atoms with Gasteiger partial charge in [-0.3, -0.25) is 0 Å². The molecule has 0 rings (SSSR count). The molecule has 0 radical (unpaired) electrons. The summed E-state index contributed by atoms with van der Waals surface area (Å²) in [5.74, 6) is -0.835. The maximum atomic E-state index is 10.2. The average molecular weight is 380 g/mol. The second-order valence-electron chi connectivity index (χ2n) is 5.11. The number of hydrogen-bond acceptors (Lipinski definition) is 1. The minimum atomic E-state index is -0.835. The Labute approximate surface area is 132 Å². The Bertz CT molecular complexity index is 227. The molecule has 0 atom stereocenters. The van der Waals surface area contributed by atoms with E-state index in [4.69, 9.17) is 5.11 Å². The molecular weight excluding hydrogens is 351 g/mol. The monoisotopic (exact) mass is 380 g/mol. The lowest BCUT2D eigenvalue weighted by molar-refractivity contribution is -0.131. The fourth-order valence-electron chi connectivity index (χ4n) is 2.13. The third-order valence-electron chi connectivity index (χ3n) is 3.26. The third-order valence-corrected chi connectivity index (χ3v) is 4.03. The highest BCUT2D eigenvalue weighted by molar-refractivity contribution is 14.1. The summed E-state index contributed by atoms with van der Waals surface area (Å²) < 4.78 is 1.30. The molecule has 0 unspecified atom stereocenters. The summed E-state index contributed by atoms with van der Waals surface area (Å²) in [4.78, 5) is 10.2. The molecule has 0 aliphatic carbocycles. The van der Waals surface area contributed by atoms with Crippen molar-refractivity contribution in [2.45, 2.75) is 77.0 Å². The van der Waals surface area contributed by atoms with E-state index in [1.165, 1.54) is 74.7 Å². The minimum Gasteiger partial charge on any atom is -0.478 e. The first-order valence-electron chi connectivity index (χ1n) is 7.73. The molecule has 2 nitrogen and oxygen atoms in total. The summed E-state index contributed by atoms with van der Waals surface area (Å²) in [5.41, 5.74) is 0. The van der Waals surface area contributed by atoms with Gasteiger partial charge in [-0.05, 0) is 23.7 Å². The first kappa shape index (κ1) is 18.9. The Morgan fingerprint density at radius 2 is 1.21 bits per heavy atom. The van der Waals surface area contributed by atoms with Crippen molar-refractivity contribution >= 4 is 28.6 Å². The topological polar surface area (TPSA) is 37.3 Å². The molecule has 19 heavy (non-hydrogen) atoms. The van der Waals surface area contributed by atoms with Crippen molar-refractivity contribution < 1.29 is 9.90 Å². The molecule has 0 aromatic carbocycles. The second kappa shape index (κ2) is 16.0. The molecule has 112 valence electrons. The van der Waals surface area contributed by atoms with Crippen molar-refractivity contribution in [3.63, 3.8) is 0 Å². The minimum absolute atomic E-state index is 0.835. The lowest BCUT2D eigenvalue weighted by atomic mass is 10.1. The van der Waals surface area contributed by atoms with Crippen LogP contribution in [-0.2, 0) is 4.79 Å². The predicted octanol–water partition coefficient (Wildman–Crippen LogP) is 5.74. The van der Waals surface area contributed by atoms with Gasteiger partial charge in [0.1, 0.15) is 0 Å². The van der Waals surface area contributed by atoms with Gasteiger partial charge < -0.3 is 5.11 Å². The molecule has 0 bridgehead atoms. The maximum absolute atomic E-state index is 10.2. The van der Waals surface area contributed by atoms with Crippen LogP contribution in [0.1, 0.15) is 77.0 Å². The molecule has 0 aromatic rings. The van der Waals surface area contributed by atoms with E-state index in [0.29, 0.717) is 0 Å². The van der Waals surface area contributed by atoms with E-state index in [2.05, 4.69) is 22.6 Å². The first-order chi connectivity index (χ1) is 9.27. The quantitative estimate of drug-likeness (QED) is 0.180. The van der Waals surface area contributed by atoms with Gasteiger partial charge in [-0.1, -0.05) is 86.5 Å². The van der Waals surface area contributed by atoms with Crippen LogP contribution in [0.5, 0.6) is 0 Å². The van der Waals surface area contributed by atoms with E-state index in [0.717, 1.165) is 12.8 Å². The molecule has 3 heteroatoms. The van der Waals surface area contributed by atoms with Gasteiger partial charge in [-0.15, -0.1) is 0 Å². The molecule has 0 aromatic heterocycles. The Balaban J connectivity index is 3.01. The van der Waals surface area contributed by atoms with Gasteiger partial charge in [-0.25, -0.2) is 4.79 Å². The number of carboxylic acid groups (broad SMARTS) is 1. The molecule has 1 N–H and O–H groups in total. The van der Waals surface area contributed by atoms with Crippen molar-refractivity contribution in [1.29, 1.82) is 0 Å². The zero-order valence-electron chi connectivity index (χ0n) is 12.1. The van der Waals surface area contributed by atoms with Gasteiger partial charge in [0.2, 0.25) is 0 Å². The van der Waals surface area contributed by atoms with E-state index >= 15 is 0 Å². The summed E-state index contributed by atoms with van der Waals surface area (Å²) >= 11 is 2.45. The van der Waals surface area contributed by atoms with Crippen molar-refractivity contribution in [3.8, 4) is 0 Å². The molecule has 0 saturated carbocycles. The lowest BCUT2D eigenvalue weighted by Gasteiger charge is -2.02. The maximum Gasteiger partial charge on any atom is 0.327 e. The van der Waals surface area contributed by atoms with Gasteiger partial charge in [0.05, 0.1) is 0 Å². The molecule has 0 fully saturated rings. The summed E-state index contributed by atoms with van der Waals surface area (Å²) in [6.45, 7) is 0. The van der Waals surface area contributed by atoms with Crippen LogP contribution in [0.4, 0.5) is 0 Å². The number of unbranched alkanes of at least 4 members (excludes halogenated alkanes) is 11. The average Bonchev–Trinajstić information content (AvgIpc) is 2.39. The smallest absolute Gasteiger partial charge is 0.327 e. The molecule has 0 spiro atoms. The van der Waals surface area contributed by atoms with E-state index in [9.17, 15) is 4.79 Å². The number of alkyl halides is 1. The van der Waals surface area contributed by atoms with Gasteiger partial charge in [-0.2, -0.15) is 0 Å². The van der Waals surface area contributed by atoms with Gasteiger partial charge >= 0.3 is 5.97 Å². The largest absolute Gasteiger partial charge is 0.478 e. The van der Waals surface area contributed by atoms with Crippen molar-refractivity contribution in [1.82, 2.24) is 0 Å². The van der Waals surface area contributed by atoms with Gasteiger partial charge in [0, 0.05) is 6.08 Å². The zero-order chi connectivity index (χ0) is 14.2. The van der Waals surface area contributed by atoms with E-state index < -0.39 is 5.97 Å². The Kier molecular flexibility index (Phi) is 15.9. The normalized spacial score (nSPS) is 11.2. The fraction of sp³-hybridized carbons (Fsp3) is 0.812. The first-order valence-corrected chi connectivity index (χ1v) is 9.25. The standard InChI is InChI=1S/C16H29IO2/c17-15-13-11-9-7-5-3-1-2-4-6-8-10-12-14-16(18)19/h12,14H,1-11,13,15H2,(H,18,19). The predicted molar refractivity (Wildman–Crippen MR) is 91.1 cm³/mol. The SMILES string of the molecule is O=C(O)C=CCCCCCCCCCCCCCI. The third kappa shape index (κ3) is 17.9. The number of allylic oxidation sites excluding steroid dienone is 1. The summed E-state index contributed by atoms with van der Waals surface area (Å²) in [5, 5.41) is 8.42.